The van der Waals surface area contributed by atoms with Gasteiger partial charge in [0.15, 0.2) is 0 Å². The van der Waals surface area contributed by atoms with Crippen LogP contribution in [0.3, 0.4) is 0 Å². The summed E-state index contributed by atoms with van der Waals surface area (Å²) in [5.74, 6) is 2.78. The highest BCUT2D eigenvalue weighted by Gasteiger charge is 2.20. The van der Waals surface area contributed by atoms with Crippen molar-refractivity contribution in [2.24, 2.45) is 11.8 Å². The first kappa shape index (κ1) is 21.8. The number of ether oxygens (including phenoxy) is 1. The summed E-state index contributed by atoms with van der Waals surface area (Å²) in [4.78, 5) is 0. The van der Waals surface area contributed by atoms with Gasteiger partial charge in [-0.25, -0.2) is 0 Å². The summed E-state index contributed by atoms with van der Waals surface area (Å²) in [5.41, 5.74) is 3.14. The summed E-state index contributed by atoms with van der Waals surface area (Å²) in [5, 5.41) is 8.95. The van der Waals surface area contributed by atoms with Gasteiger partial charge in [0, 0.05) is 5.56 Å². The van der Waals surface area contributed by atoms with Crippen molar-refractivity contribution in [3.63, 3.8) is 0 Å². The van der Waals surface area contributed by atoms with Crippen LogP contribution in [0, 0.1) is 11.8 Å². The van der Waals surface area contributed by atoms with Crippen molar-refractivity contribution >= 4 is 0 Å². The van der Waals surface area contributed by atoms with E-state index in [1.165, 1.54) is 64.2 Å². The van der Waals surface area contributed by atoms with Gasteiger partial charge in [-0.1, -0.05) is 64.7 Å². The first-order chi connectivity index (χ1) is 14.3. The normalized spacial score (nSPS) is 19.2. The zero-order valence-corrected chi connectivity index (χ0v) is 18.4. The van der Waals surface area contributed by atoms with Crippen molar-refractivity contribution in [2.45, 2.75) is 84.5 Å². The molecule has 1 aromatic carbocycles. The lowest BCUT2D eigenvalue weighted by molar-refractivity contribution is 0.248. The molecule has 1 heterocycles. The summed E-state index contributed by atoms with van der Waals surface area (Å²) >= 11 is 0. The molecule has 0 amide bonds. The maximum atomic E-state index is 5.50. The SMILES string of the molecule is CCCCCCC1CCC(CCc2ccc(-c3ccc(OCC)cc3)nn2)CC1. The van der Waals surface area contributed by atoms with Crippen LogP contribution in [-0.2, 0) is 6.42 Å². The molecule has 1 saturated carbocycles. The highest BCUT2D eigenvalue weighted by Crippen LogP contribution is 2.34. The number of rotatable bonds is 11. The summed E-state index contributed by atoms with van der Waals surface area (Å²) in [7, 11) is 0. The Morgan fingerprint density at radius 1 is 0.793 bits per heavy atom. The van der Waals surface area contributed by atoms with Gasteiger partial charge in [0.25, 0.3) is 0 Å². The van der Waals surface area contributed by atoms with E-state index in [1.54, 1.807) is 0 Å². The van der Waals surface area contributed by atoms with Crippen molar-refractivity contribution in [3.8, 4) is 17.0 Å². The van der Waals surface area contributed by atoms with Crippen LogP contribution in [0.25, 0.3) is 11.3 Å². The van der Waals surface area contributed by atoms with E-state index >= 15 is 0 Å². The minimum Gasteiger partial charge on any atom is -0.494 e. The molecule has 29 heavy (non-hydrogen) atoms. The lowest BCUT2D eigenvalue weighted by atomic mass is 9.78. The fourth-order valence-electron chi connectivity index (χ4n) is 4.56. The first-order valence-corrected chi connectivity index (χ1v) is 11.8. The summed E-state index contributed by atoms with van der Waals surface area (Å²) in [6.45, 7) is 4.98. The quantitative estimate of drug-likeness (QED) is 0.376. The molecule has 158 valence electrons. The molecule has 1 aromatic heterocycles. The van der Waals surface area contributed by atoms with Gasteiger partial charge in [0.2, 0.25) is 0 Å². The third-order valence-electron chi connectivity index (χ3n) is 6.42. The summed E-state index contributed by atoms with van der Waals surface area (Å²) in [6.07, 6.45) is 15.1. The number of aromatic nitrogens is 2. The molecule has 0 bridgehead atoms. The molecule has 0 radical (unpaired) electrons. The van der Waals surface area contributed by atoms with E-state index in [0.717, 1.165) is 41.0 Å². The van der Waals surface area contributed by atoms with Crippen LogP contribution in [0.5, 0.6) is 5.75 Å². The zero-order valence-electron chi connectivity index (χ0n) is 18.4. The van der Waals surface area contributed by atoms with Crippen molar-refractivity contribution in [1.29, 1.82) is 0 Å². The maximum Gasteiger partial charge on any atom is 0.119 e. The average molecular weight is 395 g/mol. The predicted molar refractivity (Wildman–Crippen MR) is 121 cm³/mol. The number of benzene rings is 1. The second kappa shape index (κ2) is 11.9. The van der Waals surface area contributed by atoms with E-state index in [-0.39, 0.29) is 0 Å². The Morgan fingerprint density at radius 2 is 1.52 bits per heavy atom. The van der Waals surface area contributed by atoms with E-state index in [0.29, 0.717) is 6.61 Å². The van der Waals surface area contributed by atoms with Gasteiger partial charge in [-0.3, -0.25) is 0 Å². The molecule has 1 fully saturated rings. The third-order valence-corrected chi connectivity index (χ3v) is 6.42. The van der Waals surface area contributed by atoms with E-state index < -0.39 is 0 Å². The molecule has 0 aliphatic heterocycles. The number of hydrogen-bond acceptors (Lipinski definition) is 3. The van der Waals surface area contributed by atoms with Gasteiger partial charge in [0.05, 0.1) is 18.0 Å². The van der Waals surface area contributed by atoms with Gasteiger partial charge >= 0.3 is 0 Å². The fourth-order valence-corrected chi connectivity index (χ4v) is 4.56. The lowest BCUT2D eigenvalue weighted by Crippen LogP contribution is -2.15. The average Bonchev–Trinajstić information content (AvgIpc) is 2.77. The Bertz CT molecular complexity index is 688. The molecule has 0 N–H and O–H groups in total. The number of hydrogen-bond donors (Lipinski definition) is 0. The van der Waals surface area contributed by atoms with Crippen LogP contribution in [0.15, 0.2) is 36.4 Å². The van der Waals surface area contributed by atoms with Crippen LogP contribution in [-0.4, -0.2) is 16.8 Å². The van der Waals surface area contributed by atoms with Crippen molar-refractivity contribution in [1.82, 2.24) is 10.2 Å². The first-order valence-electron chi connectivity index (χ1n) is 11.8. The second-order valence-electron chi connectivity index (χ2n) is 8.64. The zero-order chi connectivity index (χ0) is 20.3. The van der Waals surface area contributed by atoms with Gasteiger partial charge < -0.3 is 4.74 Å². The van der Waals surface area contributed by atoms with Crippen molar-refractivity contribution < 1.29 is 4.74 Å². The molecular weight excluding hydrogens is 356 g/mol. The van der Waals surface area contributed by atoms with Crippen LogP contribution < -0.4 is 4.74 Å². The Labute approximate surface area is 177 Å². The number of nitrogens with zero attached hydrogens (tertiary/aromatic N) is 2. The van der Waals surface area contributed by atoms with Gasteiger partial charge in [0.1, 0.15) is 5.75 Å². The number of aryl methyl sites for hydroxylation is 1. The van der Waals surface area contributed by atoms with Crippen LogP contribution in [0.4, 0.5) is 0 Å². The minimum atomic E-state index is 0.689. The molecule has 3 nitrogen and oxygen atoms in total. The Balaban J connectivity index is 1.39. The Morgan fingerprint density at radius 3 is 2.14 bits per heavy atom. The van der Waals surface area contributed by atoms with E-state index in [4.69, 9.17) is 4.74 Å². The Hall–Kier alpha value is -1.90. The highest BCUT2D eigenvalue weighted by atomic mass is 16.5. The summed E-state index contributed by atoms with van der Waals surface area (Å²) < 4.78 is 5.50. The minimum absolute atomic E-state index is 0.689. The van der Waals surface area contributed by atoms with Crippen LogP contribution in [0.1, 0.15) is 83.7 Å². The molecule has 2 aromatic rings. The molecule has 0 atom stereocenters. The number of unbranched alkanes of at least 4 members (excludes halogenated alkanes) is 3. The largest absolute Gasteiger partial charge is 0.494 e. The Kier molecular flexibility index (Phi) is 8.98. The van der Waals surface area contributed by atoms with Gasteiger partial charge in [-0.2, -0.15) is 10.2 Å². The van der Waals surface area contributed by atoms with E-state index in [2.05, 4.69) is 41.4 Å². The topological polar surface area (TPSA) is 35.0 Å². The standard InChI is InChI=1S/C26H38N2O/c1-3-5-6-7-8-21-9-11-22(12-10-21)13-16-24-17-20-26(28-27-24)23-14-18-25(19-15-23)29-4-2/h14-15,17-22H,3-13,16H2,1-2H3. The highest BCUT2D eigenvalue weighted by molar-refractivity contribution is 5.59. The van der Waals surface area contributed by atoms with Gasteiger partial charge in [-0.15, -0.1) is 0 Å². The van der Waals surface area contributed by atoms with E-state index in [1.807, 2.05) is 19.1 Å². The molecule has 0 unspecified atom stereocenters. The molecule has 3 rings (SSSR count). The molecule has 0 saturated heterocycles. The van der Waals surface area contributed by atoms with E-state index in [9.17, 15) is 0 Å². The molecular formula is C26H38N2O. The lowest BCUT2D eigenvalue weighted by Gasteiger charge is -2.28. The van der Waals surface area contributed by atoms with Crippen molar-refractivity contribution in [3.05, 3.63) is 42.1 Å². The fraction of sp³-hybridized carbons (Fsp3) is 0.615. The second-order valence-corrected chi connectivity index (χ2v) is 8.64. The molecule has 3 heteroatoms. The molecule has 0 spiro atoms. The predicted octanol–water partition coefficient (Wildman–Crippen LogP) is 7.25. The van der Waals surface area contributed by atoms with Crippen molar-refractivity contribution in [2.75, 3.05) is 6.61 Å². The smallest absolute Gasteiger partial charge is 0.119 e. The van der Waals surface area contributed by atoms with Gasteiger partial charge in [-0.05, 0) is 68.0 Å². The van der Waals surface area contributed by atoms with Crippen LogP contribution in [0.2, 0.25) is 0 Å². The van der Waals surface area contributed by atoms with Crippen LogP contribution >= 0.6 is 0 Å². The molecule has 1 aliphatic rings. The third kappa shape index (κ3) is 7.13. The molecule has 1 aliphatic carbocycles. The maximum absolute atomic E-state index is 5.50. The monoisotopic (exact) mass is 394 g/mol. The summed E-state index contributed by atoms with van der Waals surface area (Å²) in [6, 6.07) is 12.3.